The molecule has 2 unspecified atom stereocenters. The third-order valence-corrected chi connectivity index (χ3v) is 5.25. The van der Waals surface area contributed by atoms with Crippen molar-refractivity contribution in [2.75, 3.05) is 32.7 Å². The molecule has 3 heterocycles. The van der Waals surface area contributed by atoms with Crippen LogP contribution in [-0.2, 0) is 0 Å². The highest BCUT2D eigenvalue weighted by Crippen LogP contribution is 2.30. The van der Waals surface area contributed by atoms with Crippen molar-refractivity contribution in [2.24, 2.45) is 5.73 Å². The number of carbonyl (C=O) groups is 1. The second-order valence-electron chi connectivity index (χ2n) is 5.25. The molecule has 3 N–H and O–H groups in total. The van der Waals surface area contributed by atoms with Crippen molar-refractivity contribution in [2.45, 2.75) is 19.0 Å². The van der Waals surface area contributed by atoms with Gasteiger partial charge in [-0.05, 0) is 23.9 Å². The molecule has 1 aromatic rings. The number of rotatable bonds is 3. The van der Waals surface area contributed by atoms with Crippen LogP contribution in [0.2, 0.25) is 0 Å². The average Bonchev–Trinajstić information content (AvgIpc) is 2.99. The highest BCUT2D eigenvalue weighted by atomic mass is 32.1. The number of thiophene rings is 1. The summed E-state index contributed by atoms with van der Waals surface area (Å²) in [6.45, 7) is 6.16. The van der Waals surface area contributed by atoms with Crippen LogP contribution in [0.3, 0.4) is 0 Å². The van der Waals surface area contributed by atoms with Gasteiger partial charge in [0, 0.05) is 37.6 Å². The van der Waals surface area contributed by atoms with Gasteiger partial charge in [-0.2, -0.15) is 0 Å². The third kappa shape index (κ3) is 2.24. The molecule has 2 aliphatic rings. The molecule has 0 bridgehead atoms. The first-order valence-corrected chi connectivity index (χ1v) is 7.61. The van der Waals surface area contributed by atoms with Gasteiger partial charge in [0.25, 0.3) is 0 Å². The van der Waals surface area contributed by atoms with E-state index in [1.165, 1.54) is 10.4 Å². The number of nitrogens with one attached hydrogen (secondary N) is 1. The lowest BCUT2D eigenvalue weighted by Gasteiger charge is -2.40. The molecule has 0 aromatic carbocycles. The summed E-state index contributed by atoms with van der Waals surface area (Å²) in [5, 5.41) is 5.05. The van der Waals surface area contributed by atoms with Crippen molar-refractivity contribution < 1.29 is 4.79 Å². The first-order valence-electron chi connectivity index (χ1n) is 6.73. The minimum atomic E-state index is 0.0845. The van der Waals surface area contributed by atoms with Gasteiger partial charge in [-0.15, -0.1) is 11.3 Å². The summed E-state index contributed by atoms with van der Waals surface area (Å²) in [6.07, 6.45) is 0. The average molecular weight is 280 g/mol. The van der Waals surface area contributed by atoms with Crippen LogP contribution >= 0.6 is 11.3 Å². The van der Waals surface area contributed by atoms with E-state index in [2.05, 4.69) is 28.6 Å². The van der Waals surface area contributed by atoms with Gasteiger partial charge in [-0.3, -0.25) is 4.90 Å². The minimum Gasteiger partial charge on any atom is -0.336 e. The van der Waals surface area contributed by atoms with Gasteiger partial charge >= 0.3 is 6.03 Å². The van der Waals surface area contributed by atoms with Crippen LogP contribution in [-0.4, -0.2) is 54.6 Å². The molecule has 104 valence electrons. The lowest BCUT2D eigenvalue weighted by molar-refractivity contribution is 0.0914. The van der Waals surface area contributed by atoms with E-state index in [9.17, 15) is 4.79 Å². The molecule has 19 heavy (non-hydrogen) atoms. The normalized spacial score (nSPS) is 25.3. The van der Waals surface area contributed by atoms with Gasteiger partial charge in [0.15, 0.2) is 0 Å². The molecule has 1 aromatic heterocycles. The summed E-state index contributed by atoms with van der Waals surface area (Å²) in [6, 6.07) is 2.83. The first kappa shape index (κ1) is 12.9. The maximum absolute atomic E-state index is 11.6. The van der Waals surface area contributed by atoms with Crippen molar-refractivity contribution in [3.05, 3.63) is 21.9 Å². The number of fused-ring (bicyclic) bond motifs is 1. The summed E-state index contributed by atoms with van der Waals surface area (Å²) in [5.74, 6) is 0. The predicted octanol–water partition coefficient (Wildman–Crippen LogP) is 0.766. The largest absolute Gasteiger partial charge is 0.336 e. The fourth-order valence-corrected chi connectivity index (χ4v) is 4.13. The SMILES string of the molecule is Cc1ccsc1C(CN)N1CCN2C(=O)NCC2C1. The molecule has 0 saturated carbocycles. The van der Waals surface area contributed by atoms with E-state index in [1.54, 1.807) is 11.3 Å². The standard InChI is InChI=1S/C13H20N4OS/c1-9-2-5-19-12(9)11(6-14)16-3-4-17-10(8-16)7-15-13(17)18/h2,5,10-11H,3-4,6-8,14H2,1H3,(H,15,18). The lowest BCUT2D eigenvalue weighted by Crippen LogP contribution is -2.53. The van der Waals surface area contributed by atoms with E-state index in [4.69, 9.17) is 5.73 Å². The second kappa shape index (κ2) is 5.11. The predicted molar refractivity (Wildman–Crippen MR) is 76.3 cm³/mol. The Hall–Kier alpha value is -1.11. The number of amides is 2. The summed E-state index contributed by atoms with van der Waals surface area (Å²) in [4.78, 5) is 17.4. The molecule has 2 atom stereocenters. The Balaban J connectivity index is 1.75. The molecule has 5 nitrogen and oxygen atoms in total. The fraction of sp³-hybridized carbons (Fsp3) is 0.615. The van der Waals surface area contributed by atoms with Crippen molar-refractivity contribution in [1.82, 2.24) is 15.1 Å². The molecular formula is C13H20N4OS. The van der Waals surface area contributed by atoms with E-state index in [-0.39, 0.29) is 12.1 Å². The number of nitrogens with zero attached hydrogens (tertiary/aromatic N) is 2. The van der Waals surface area contributed by atoms with E-state index in [0.717, 1.165) is 26.2 Å². The van der Waals surface area contributed by atoms with Crippen LogP contribution in [0.1, 0.15) is 16.5 Å². The molecule has 2 fully saturated rings. The third-order valence-electron chi connectivity index (χ3n) is 4.13. The first-order chi connectivity index (χ1) is 9.20. The van der Waals surface area contributed by atoms with Crippen molar-refractivity contribution in [3.63, 3.8) is 0 Å². The van der Waals surface area contributed by atoms with E-state index < -0.39 is 0 Å². The van der Waals surface area contributed by atoms with Gasteiger partial charge in [0.1, 0.15) is 0 Å². The maximum atomic E-state index is 11.6. The number of aryl methyl sites for hydroxylation is 1. The Morgan fingerprint density at radius 3 is 3.11 bits per heavy atom. The molecular weight excluding hydrogens is 260 g/mol. The number of hydrogen-bond acceptors (Lipinski definition) is 4. The Bertz CT molecular complexity index is 475. The van der Waals surface area contributed by atoms with Crippen LogP contribution < -0.4 is 11.1 Å². The zero-order valence-electron chi connectivity index (χ0n) is 11.1. The van der Waals surface area contributed by atoms with Crippen molar-refractivity contribution >= 4 is 17.4 Å². The monoisotopic (exact) mass is 280 g/mol. The van der Waals surface area contributed by atoms with Crippen LogP contribution in [0, 0.1) is 6.92 Å². The van der Waals surface area contributed by atoms with Crippen molar-refractivity contribution in [1.29, 1.82) is 0 Å². The van der Waals surface area contributed by atoms with Crippen LogP contribution in [0.25, 0.3) is 0 Å². The molecule has 0 spiro atoms. The number of urea groups is 1. The molecule has 0 aliphatic carbocycles. The number of hydrogen-bond donors (Lipinski definition) is 2. The lowest BCUT2D eigenvalue weighted by atomic mass is 10.1. The summed E-state index contributed by atoms with van der Waals surface area (Å²) in [5.41, 5.74) is 7.32. The van der Waals surface area contributed by atoms with E-state index in [1.807, 2.05) is 4.90 Å². The van der Waals surface area contributed by atoms with Gasteiger partial charge in [0.2, 0.25) is 0 Å². The summed E-state index contributed by atoms with van der Waals surface area (Å²) < 4.78 is 0. The zero-order valence-corrected chi connectivity index (χ0v) is 11.9. The van der Waals surface area contributed by atoms with Crippen LogP contribution in [0.15, 0.2) is 11.4 Å². The second-order valence-corrected chi connectivity index (χ2v) is 6.20. The Kier molecular flexibility index (Phi) is 3.47. The maximum Gasteiger partial charge on any atom is 0.317 e. The topological polar surface area (TPSA) is 61.6 Å². The van der Waals surface area contributed by atoms with Gasteiger partial charge in [-0.1, -0.05) is 0 Å². The Morgan fingerprint density at radius 1 is 1.58 bits per heavy atom. The highest BCUT2D eigenvalue weighted by Gasteiger charge is 2.37. The van der Waals surface area contributed by atoms with E-state index >= 15 is 0 Å². The van der Waals surface area contributed by atoms with Crippen LogP contribution in [0.5, 0.6) is 0 Å². The van der Waals surface area contributed by atoms with Gasteiger partial charge < -0.3 is 16.0 Å². The molecule has 2 amide bonds. The van der Waals surface area contributed by atoms with Gasteiger partial charge in [0.05, 0.1) is 12.1 Å². The van der Waals surface area contributed by atoms with Gasteiger partial charge in [-0.25, -0.2) is 4.79 Å². The molecule has 2 saturated heterocycles. The summed E-state index contributed by atoms with van der Waals surface area (Å²) in [7, 11) is 0. The summed E-state index contributed by atoms with van der Waals surface area (Å²) >= 11 is 1.78. The Morgan fingerprint density at radius 2 is 2.42 bits per heavy atom. The number of nitrogens with two attached hydrogens (primary N) is 1. The molecule has 6 heteroatoms. The fourth-order valence-electron chi connectivity index (χ4n) is 3.06. The highest BCUT2D eigenvalue weighted by molar-refractivity contribution is 7.10. The smallest absolute Gasteiger partial charge is 0.317 e. The molecule has 0 radical (unpaired) electrons. The number of piperazine rings is 1. The zero-order chi connectivity index (χ0) is 13.4. The van der Waals surface area contributed by atoms with Crippen molar-refractivity contribution in [3.8, 4) is 0 Å². The minimum absolute atomic E-state index is 0.0845. The van der Waals surface area contributed by atoms with Crippen LogP contribution in [0.4, 0.5) is 4.79 Å². The number of carbonyl (C=O) groups excluding carboxylic acids is 1. The Labute approximate surface area is 117 Å². The molecule has 2 aliphatic heterocycles. The van der Waals surface area contributed by atoms with E-state index in [0.29, 0.717) is 12.6 Å². The quantitative estimate of drug-likeness (QED) is 0.859. The molecule has 3 rings (SSSR count).